The molecule has 0 fully saturated rings. The highest BCUT2D eigenvalue weighted by molar-refractivity contribution is 5.18. The topological polar surface area (TPSA) is 46.9 Å². The van der Waals surface area contributed by atoms with E-state index < -0.39 is 0 Å². The molecule has 1 atom stereocenters. The molecular formula is C15H19N3O. The van der Waals surface area contributed by atoms with Crippen LogP contribution >= 0.6 is 0 Å². The van der Waals surface area contributed by atoms with Crippen molar-refractivity contribution in [2.45, 2.75) is 26.4 Å². The van der Waals surface area contributed by atoms with Gasteiger partial charge in [-0.2, -0.15) is 5.10 Å². The molecule has 1 N–H and O–H groups in total. The molecule has 1 aromatic heterocycles. The molecule has 0 aliphatic carbocycles. The fourth-order valence-corrected chi connectivity index (χ4v) is 2.05. The molecule has 1 aromatic carbocycles. The third-order valence-electron chi connectivity index (χ3n) is 3.01. The Hall–Kier alpha value is -1.94. The van der Waals surface area contributed by atoms with Crippen LogP contribution in [0, 0.1) is 6.92 Å². The van der Waals surface area contributed by atoms with Gasteiger partial charge >= 0.3 is 0 Å². The molecule has 2 rings (SSSR count). The zero-order chi connectivity index (χ0) is 13.7. The minimum absolute atomic E-state index is 0.0566. The fourth-order valence-electron chi connectivity index (χ4n) is 2.05. The minimum atomic E-state index is -0.0566. The van der Waals surface area contributed by atoms with E-state index in [0.717, 1.165) is 12.1 Å². The van der Waals surface area contributed by atoms with E-state index >= 15 is 0 Å². The van der Waals surface area contributed by atoms with E-state index in [0.29, 0.717) is 6.54 Å². The second-order valence-corrected chi connectivity index (χ2v) is 4.57. The van der Waals surface area contributed by atoms with Crippen molar-refractivity contribution in [1.29, 1.82) is 0 Å². The summed E-state index contributed by atoms with van der Waals surface area (Å²) in [6.07, 6.45) is 1.72. The second-order valence-electron chi connectivity index (χ2n) is 4.57. The molecule has 4 nitrogen and oxygen atoms in total. The number of likely N-dealkylation sites (N-methyl/N-ethyl adjacent to an activating group) is 1. The first-order chi connectivity index (χ1) is 9.20. The van der Waals surface area contributed by atoms with Crippen LogP contribution in [0.2, 0.25) is 0 Å². The molecule has 4 heteroatoms. The summed E-state index contributed by atoms with van der Waals surface area (Å²) in [7, 11) is 0. The molecule has 2 aromatic rings. The predicted molar refractivity (Wildman–Crippen MR) is 76.1 cm³/mol. The number of hydrogen-bond donors (Lipinski definition) is 1. The highest BCUT2D eigenvalue weighted by Gasteiger charge is 2.11. The highest BCUT2D eigenvalue weighted by atomic mass is 16.1. The van der Waals surface area contributed by atoms with Gasteiger partial charge in [0.05, 0.1) is 18.8 Å². The largest absolute Gasteiger partial charge is 0.309 e. The van der Waals surface area contributed by atoms with Gasteiger partial charge in [-0.3, -0.25) is 4.79 Å². The molecule has 0 saturated heterocycles. The van der Waals surface area contributed by atoms with Crippen LogP contribution in [0.5, 0.6) is 0 Å². The maximum Gasteiger partial charge on any atom is 0.267 e. The van der Waals surface area contributed by atoms with E-state index in [4.69, 9.17) is 0 Å². The normalized spacial score (nSPS) is 12.3. The third kappa shape index (κ3) is 3.51. The summed E-state index contributed by atoms with van der Waals surface area (Å²) in [6, 6.07) is 11.8. The standard InChI is InChI=1S/C15H19N3O/c1-3-16-14(13-7-5-4-6-8-13)11-18-15(19)9-12(2)10-17-18/h4-10,14,16H,3,11H2,1-2H3. The molecule has 19 heavy (non-hydrogen) atoms. The molecule has 0 amide bonds. The van der Waals surface area contributed by atoms with Crippen LogP contribution in [0.15, 0.2) is 47.4 Å². The maximum absolute atomic E-state index is 11.9. The summed E-state index contributed by atoms with van der Waals surface area (Å²) < 4.78 is 1.51. The average molecular weight is 257 g/mol. The number of benzene rings is 1. The molecule has 0 aliphatic heterocycles. The van der Waals surface area contributed by atoms with Crippen molar-refractivity contribution < 1.29 is 0 Å². The van der Waals surface area contributed by atoms with Gasteiger partial charge in [0.15, 0.2) is 0 Å². The Morgan fingerprint density at radius 3 is 2.68 bits per heavy atom. The zero-order valence-electron chi connectivity index (χ0n) is 11.3. The van der Waals surface area contributed by atoms with Crippen LogP contribution < -0.4 is 10.9 Å². The molecule has 1 heterocycles. The lowest BCUT2D eigenvalue weighted by molar-refractivity contribution is 0.434. The highest BCUT2D eigenvalue weighted by Crippen LogP contribution is 2.13. The third-order valence-corrected chi connectivity index (χ3v) is 3.01. The molecule has 0 bridgehead atoms. The molecule has 0 radical (unpaired) electrons. The van der Waals surface area contributed by atoms with E-state index in [1.807, 2.05) is 25.1 Å². The number of nitrogens with zero attached hydrogens (tertiary/aromatic N) is 2. The SMILES string of the molecule is CCNC(Cn1ncc(C)cc1=O)c1ccccc1. The minimum Gasteiger partial charge on any atom is -0.309 e. The van der Waals surface area contributed by atoms with Crippen molar-refractivity contribution in [3.63, 3.8) is 0 Å². The lowest BCUT2D eigenvalue weighted by Gasteiger charge is -2.18. The Bertz CT molecular complexity index is 577. The number of aryl methyl sites for hydroxylation is 1. The summed E-state index contributed by atoms with van der Waals surface area (Å²) in [5, 5.41) is 7.58. The Labute approximate surface area is 113 Å². The molecule has 1 unspecified atom stereocenters. The Kier molecular flexibility index (Phi) is 4.47. The van der Waals surface area contributed by atoms with Crippen molar-refractivity contribution in [1.82, 2.24) is 15.1 Å². The molecular weight excluding hydrogens is 238 g/mol. The van der Waals surface area contributed by atoms with Gasteiger partial charge in [-0.1, -0.05) is 37.3 Å². The first kappa shape index (κ1) is 13.5. The van der Waals surface area contributed by atoms with Crippen LogP contribution in [0.4, 0.5) is 0 Å². The van der Waals surface area contributed by atoms with Gasteiger partial charge < -0.3 is 5.32 Å². The summed E-state index contributed by atoms with van der Waals surface area (Å²) in [6.45, 7) is 5.32. The van der Waals surface area contributed by atoms with Crippen molar-refractivity contribution in [3.05, 3.63) is 64.1 Å². The van der Waals surface area contributed by atoms with Crippen LogP contribution in [0.3, 0.4) is 0 Å². The van der Waals surface area contributed by atoms with Crippen LogP contribution in [0.1, 0.15) is 24.1 Å². The van der Waals surface area contributed by atoms with Gasteiger partial charge in [-0.25, -0.2) is 4.68 Å². The van der Waals surface area contributed by atoms with Crippen LogP contribution in [-0.2, 0) is 6.54 Å². The van der Waals surface area contributed by atoms with Gasteiger partial charge in [0.2, 0.25) is 0 Å². The van der Waals surface area contributed by atoms with E-state index in [9.17, 15) is 4.79 Å². The van der Waals surface area contributed by atoms with Crippen LogP contribution in [0.25, 0.3) is 0 Å². The lowest BCUT2D eigenvalue weighted by Crippen LogP contribution is -2.31. The van der Waals surface area contributed by atoms with Crippen molar-refractivity contribution >= 4 is 0 Å². The Morgan fingerprint density at radius 1 is 1.32 bits per heavy atom. The summed E-state index contributed by atoms with van der Waals surface area (Å²) in [5.41, 5.74) is 2.00. The van der Waals surface area contributed by atoms with E-state index in [1.54, 1.807) is 12.3 Å². The fraction of sp³-hybridized carbons (Fsp3) is 0.333. The summed E-state index contributed by atoms with van der Waals surface area (Å²) in [4.78, 5) is 11.9. The number of rotatable bonds is 5. The van der Waals surface area contributed by atoms with Gasteiger partial charge in [0.1, 0.15) is 0 Å². The quantitative estimate of drug-likeness (QED) is 0.890. The molecule has 100 valence electrons. The smallest absolute Gasteiger partial charge is 0.267 e. The zero-order valence-corrected chi connectivity index (χ0v) is 11.3. The van der Waals surface area contributed by atoms with Crippen molar-refractivity contribution in [2.75, 3.05) is 6.54 Å². The van der Waals surface area contributed by atoms with E-state index in [1.165, 1.54) is 10.2 Å². The number of hydrogen-bond acceptors (Lipinski definition) is 3. The van der Waals surface area contributed by atoms with Gasteiger partial charge in [0.25, 0.3) is 5.56 Å². The lowest BCUT2D eigenvalue weighted by atomic mass is 10.1. The maximum atomic E-state index is 11.9. The van der Waals surface area contributed by atoms with Gasteiger partial charge in [0, 0.05) is 6.07 Å². The van der Waals surface area contributed by atoms with Crippen molar-refractivity contribution in [3.8, 4) is 0 Å². The second kappa shape index (κ2) is 6.29. The Balaban J connectivity index is 2.24. The van der Waals surface area contributed by atoms with Crippen LogP contribution in [-0.4, -0.2) is 16.3 Å². The first-order valence-electron chi connectivity index (χ1n) is 6.53. The first-order valence-corrected chi connectivity index (χ1v) is 6.53. The van der Waals surface area contributed by atoms with Crippen molar-refractivity contribution in [2.24, 2.45) is 0 Å². The average Bonchev–Trinajstić information content (AvgIpc) is 2.42. The summed E-state index contributed by atoms with van der Waals surface area (Å²) in [5.74, 6) is 0. The van der Waals surface area contributed by atoms with E-state index in [2.05, 4.69) is 29.5 Å². The molecule has 0 saturated carbocycles. The molecule has 0 spiro atoms. The number of nitrogens with one attached hydrogen (secondary N) is 1. The summed E-state index contributed by atoms with van der Waals surface area (Å²) >= 11 is 0. The van der Waals surface area contributed by atoms with E-state index in [-0.39, 0.29) is 11.6 Å². The molecule has 0 aliphatic rings. The predicted octanol–water partition coefficient (Wildman–Crippen LogP) is 1.90. The Morgan fingerprint density at radius 2 is 2.05 bits per heavy atom. The van der Waals surface area contributed by atoms with Gasteiger partial charge in [-0.05, 0) is 24.6 Å². The van der Waals surface area contributed by atoms with Gasteiger partial charge in [-0.15, -0.1) is 0 Å². The monoisotopic (exact) mass is 257 g/mol. The number of aromatic nitrogens is 2.